The van der Waals surface area contributed by atoms with Crippen molar-refractivity contribution in [2.45, 2.75) is 11.4 Å². The number of thioether (sulfide) groups is 1. The van der Waals surface area contributed by atoms with E-state index < -0.39 is 0 Å². The van der Waals surface area contributed by atoms with Gasteiger partial charge in [-0.25, -0.2) is 9.97 Å². The minimum absolute atomic E-state index is 0.169. The fourth-order valence-corrected chi connectivity index (χ4v) is 5.05. The van der Waals surface area contributed by atoms with E-state index in [-0.39, 0.29) is 12.3 Å². The van der Waals surface area contributed by atoms with E-state index in [2.05, 4.69) is 21.4 Å². The summed E-state index contributed by atoms with van der Waals surface area (Å²) in [5.74, 6) is 1.05. The van der Waals surface area contributed by atoms with Crippen LogP contribution in [0.1, 0.15) is 12.0 Å². The zero-order chi connectivity index (χ0) is 24.8. The second-order valence-electron chi connectivity index (χ2n) is 7.20. The molecule has 0 aliphatic rings. The summed E-state index contributed by atoms with van der Waals surface area (Å²) in [5.41, 5.74) is 3.65. The minimum Gasteiger partial charge on any atom is -0.497 e. The standard InChI is InChI=1S/C25H18Cl2N4O2S2/c1-33-18-6-2-15(3-7-18)21-9-5-17(13-28)24(29-21)34-11-10-23(32)31-25-30-22(14-35-25)16-4-8-19(26)20(27)12-16/h2-9,12,14H,10-11H2,1H3,(H,30,31,32). The van der Waals surface area contributed by atoms with Crippen molar-refractivity contribution < 1.29 is 9.53 Å². The first-order valence-corrected chi connectivity index (χ1v) is 13.0. The molecule has 1 N–H and O–H groups in total. The van der Waals surface area contributed by atoms with E-state index in [9.17, 15) is 10.1 Å². The molecule has 1 amide bonds. The number of anilines is 1. The molecule has 6 nitrogen and oxygen atoms in total. The highest BCUT2D eigenvalue weighted by Crippen LogP contribution is 2.31. The molecule has 0 aliphatic carbocycles. The van der Waals surface area contributed by atoms with Gasteiger partial charge in [-0.15, -0.1) is 23.1 Å². The Morgan fingerprint density at radius 1 is 1.06 bits per heavy atom. The van der Waals surface area contributed by atoms with Crippen LogP contribution in [0.5, 0.6) is 5.75 Å². The Kier molecular flexibility index (Phi) is 8.26. The van der Waals surface area contributed by atoms with E-state index in [4.69, 9.17) is 27.9 Å². The van der Waals surface area contributed by atoms with Crippen molar-refractivity contribution in [3.63, 3.8) is 0 Å². The highest BCUT2D eigenvalue weighted by atomic mass is 35.5. The molecule has 35 heavy (non-hydrogen) atoms. The fourth-order valence-electron chi connectivity index (χ4n) is 3.10. The zero-order valence-electron chi connectivity index (χ0n) is 18.4. The van der Waals surface area contributed by atoms with Gasteiger partial charge in [0.15, 0.2) is 5.13 Å². The second kappa shape index (κ2) is 11.6. The summed E-state index contributed by atoms with van der Waals surface area (Å²) in [4.78, 5) is 21.6. The number of carbonyl (C=O) groups is 1. The third kappa shape index (κ3) is 6.32. The normalized spacial score (nSPS) is 10.6. The number of hydrogen-bond donors (Lipinski definition) is 1. The number of ether oxygens (including phenoxy) is 1. The average Bonchev–Trinajstić information content (AvgIpc) is 3.34. The minimum atomic E-state index is -0.169. The van der Waals surface area contributed by atoms with E-state index >= 15 is 0 Å². The van der Waals surface area contributed by atoms with Crippen LogP contribution in [-0.4, -0.2) is 28.7 Å². The third-order valence-corrected chi connectivity index (χ3v) is 7.39. The number of carbonyl (C=O) groups excluding carboxylic acids is 1. The van der Waals surface area contributed by atoms with Gasteiger partial charge < -0.3 is 10.1 Å². The van der Waals surface area contributed by atoms with Crippen molar-refractivity contribution in [1.29, 1.82) is 5.26 Å². The van der Waals surface area contributed by atoms with Crippen LogP contribution in [0.2, 0.25) is 10.0 Å². The lowest BCUT2D eigenvalue weighted by Crippen LogP contribution is -2.12. The van der Waals surface area contributed by atoms with E-state index in [0.29, 0.717) is 37.2 Å². The molecule has 4 aromatic rings. The quantitative estimate of drug-likeness (QED) is 0.238. The summed E-state index contributed by atoms with van der Waals surface area (Å²) in [5, 5.41) is 16.1. The highest BCUT2D eigenvalue weighted by Gasteiger charge is 2.12. The van der Waals surface area contributed by atoms with Crippen molar-refractivity contribution >= 4 is 57.3 Å². The molecule has 0 fully saturated rings. The summed E-state index contributed by atoms with van der Waals surface area (Å²) in [6, 6.07) is 18.5. The van der Waals surface area contributed by atoms with Crippen molar-refractivity contribution in [2.24, 2.45) is 0 Å². The van der Waals surface area contributed by atoms with E-state index in [1.807, 2.05) is 41.8 Å². The molecule has 0 atom stereocenters. The largest absolute Gasteiger partial charge is 0.497 e. The number of benzene rings is 2. The van der Waals surface area contributed by atoms with Gasteiger partial charge in [0.2, 0.25) is 5.91 Å². The zero-order valence-corrected chi connectivity index (χ0v) is 21.6. The number of nitrogens with zero attached hydrogens (tertiary/aromatic N) is 3. The Labute approximate surface area is 220 Å². The Balaban J connectivity index is 1.36. The smallest absolute Gasteiger partial charge is 0.226 e. The Hall–Kier alpha value is -3.09. The molecule has 0 saturated carbocycles. The van der Waals surface area contributed by atoms with E-state index in [0.717, 1.165) is 22.6 Å². The maximum Gasteiger partial charge on any atom is 0.226 e. The molecule has 0 spiro atoms. The monoisotopic (exact) mass is 540 g/mol. The molecule has 0 aliphatic heterocycles. The maximum atomic E-state index is 12.5. The summed E-state index contributed by atoms with van der Waals surface area (Å²) in [6.45, 7) is 0. The van der Waals surface area contributed by atoms with Crippen molar-refractivity contribution in [3.8, 4) is 34.3 Å². The van der Waals surface area contributed by atoms with E-state index in [1.165, 1.54) is 23.1 Å². The number of pyridine rings is 1. The number of halogens is 2. The molecule has 2 aromatic carbocycles. The van der Waals surface area contributed by atoms with Gasteiger partial charge in [0.1, 0.15) is 16.8 Å². The van der Waals surface area contributed by atoms with Gasteiger partial charge in [-0.1, -0.05) is 29.3 Å². The predicted molar refractivity (Wildman–Crippen MR) is 142 cm³/mol. The fraction of sp³-hybridized carbons (Fsp3) is 0.120. The van der Waals surface area contributed by atoms with Crippen molar-refractivity contribution in [3.05, 3.63) is 75.6 Å². The van der Waals surface area contributed by atoms with Gasteiger partial charge in [0.05, 0.1) is 34.1 Å². The van der Waals surface area contributed by atoms with Crippen LogP contribution in [0.15, 0.2) is 65.0 Å². The molecule has 10 heteroatoms. The summed E-state index contributed by atoms with van der Waals surface area (Å²) < 4.78 is 5.20. The molecule has 0 saturated heterocycles. The highest BCUT2D eigenvalue weighted by molar-refractivity contribution is 7.99. The first-order valence-electron chi connectivity index (χ1n) is 10.4. The molecule has 176 valence electrons. The number of hydrogen-bond acceptors (Lipinski definition) is 7. The number of aromatic nitrogens is 2. The van der Waals surface area contributed by atoms with Crippen LogP contribution in [-0.2, 0) is 4.79 Å². The average molecular weight is 541 g/mol. The van der Waals surface area contributed by atoms with Gasteiger partial charge in [0, 0.05) is 28.7 Å². The Morgan fingerprint density at radius 2 is 1.83 bits per heavy atom. The van der Waals surface area contributed by atoms with Crippen molar-refractivity contribution in [2.75, 3.05) is 18.2 Å². The van der Waals surface area contributed by atoms with Crippen LogP contribution in [0.3, 0.4) is 0 Å². The predicted octanol–water partition coefficient (Wildman–Crippen LogP) is 7.18. The number of rotatable bonds is 8. The summed E-state index contributed by atoms with van der Waals surface area (Å²) >= 11 is 14.8. The summed E-state index contributed by atoms with van der Waals surface area (Å²) in [7, 11) is 1.61. The third-order valence-electron chi connectivity index (χ3n) is 4.90. The van der Waals surface area contributed by atoms with Crippen LogP contribution in [0.4, 0.5) is 5.13 Å². The first kappa shape index (κ1) is 25.0. The van der Waals surface area contributed by atoms with Crippen LogP contribution in [0, 0.1) is 11.3 Å². The summed E-state index contributed by atoms with van der Waals surface area (Å²) in [6.07, 6.45) is 0.242. The first-order chi connectivity index (χ1) is 17.0. The number of nitriles is 1. The van der Waals surface area contributed by atoms with Gasteiger partial charge in [-0.05, 0) is 48.5 Å². The van der Waals surface area contributed by atoms with Gasteiger partial charge in [0.25, 0.3) is 0 Å². The lowest BCUT2D eigenvalue weighted by Gasteiger charge is -2.08. The second-order valence-corrected chi connectivity index (χ2v) is 9.96. The van der Waals surface area contributed by atoms with E-state index in [1.54, 1.807) is 25.3 Å². The Bertz CT molecular complexity index is 1400. The van der Waals surface area contributed by atoms with Crippen LogP contribution >= 0.6 is 46.3 Å². The number of methoxy groups -OCH3 is 1. The van der Waals surface area contributed by atoms with Gasteiger partial charge in [-0.3, -0.25) is 4.79 Å². The molecule has 4 rings (SSSR count). The lowest BCUT2D eigenvalue weighted by molar-refractivity contribution is -0.115. The topological polar surface area (TPSA) is 87.9 Å². The molecule has 2 aromatic heterocycles. The van der Waals surface area contributed by atoms with Crippen LogP contribution in [0.25, 0.3) is 22.5 Å². The van der Waals surface area contributed by atoms with Crippen molar-refractivity contribution in [1.82, 2.24) is 9.97 Å². The van der Waals surface area contributed by atoms with Crippen LogP contribution < -0.4 is 10.1 Å². The Morgan fingerprint density at radius 3 is 2.54 bits per heavy atom. The maximum absolute atomic E-state index is 12.5. The molecular weight excluding hydrogens is 523 g/mol. The molecule has 0 unspecified atom stereocenters. The van der Waals surface area contributed by atoms with Gasteiger partial charge >= 0.3 is 0 Å². The lowest BCUT2D eigenvalue weighted by atomic mass is 10.1. The molecule has 0 radical (unpaired) electrons. The molecule has 0 bridgehead atoms. The molecule has 2 heterocycles. The SMILES string of the molecule is COc1ccc(-c2ccc(C#N)c(SCCC(=O)Nc3nc(-c4ccc(Cl)c(Cl)c4)cs3)n2)cc1. The number of thiazole rings is 1. The number of amides is 1. The molecular formula is C25H18Cl2N4O2S2. The van der Waals surface area contributed by atoms with Gasteiger partial charge in [-0.2, -0.15) is 5.26 Å². The number of nitrogens with one attached hydrogen (secondary N) is 1.